The molecule has 0 aliphatic carbocycles. The molecule has 7 nitrogen and oxygen atoms in total. The zero-order valence-corrected chi connectivity index (χ0v) is 24.9. The summed E-state index contributed by atoms with van der Waals surface area (Å²) in [5, 5.41) is 0. The topological polar surface area (TPSA) is 70.2 Å². The Kier molecular flexibility index (Phi) is 8.29. The average molecular weight is 632 g/mol. The molecule has 3 aliphatic heterocycles. The van der Waals surface area contributed by atoms with Crippen molar-refractivity contribution in [3.05, 3.63) is 101 Å². The number of fused-ring (bicyclic) bond motifs is 2. The van der Waals surface area contributed by atoms with E-state index in [2.05, 4.69) is 0 Å². The standard InChI is InChI=1S/C32H33F4N3O4S/c1-21-6-12-25(13-7-21)44(41,42)39-17-16-37(20-32(34,35)36)28-19-43-29(18-27(28)39)31(40)38-15-14-22-4-2-3-5-26(22)30(38)23-8-10-24(33)11-9-23/h2-13,27-30H,14-20H2,1H3/t27-,28-,29+,30-/m0/s1. The molecule has 0 radical (unpaired) electrons. The number of piperazine rings is 1. The molecular weight excluding hydrogens is 598 g/mol. The summed E-state index contributed by atoms with van der Waals surface area (Å²) in [5.74, 6) is -0.791. The molecule has 3 aromatic carbocycles. The van der Waals surface area contributed by atoms with Crippen molar-refractivity contribution in [1.82, 2.24) is 14.1 Å². The van der Waals surface area contributed by atoms with Gasteiger partial charge in [0.05, 0.1) is 30.1 Å². The minimum absolute atomic E-state index is 0.0458. The molecule has 0 unspecified atom stereocenters. The Bertz CT molecular complexity index is 1620. The number of ether oxygens (including phenoxy) is 1. The molecule has 44 heavy (non-hydrogen) atoms. The number of hydrogen-bond donors (Lipinski definition) is 0. The summed E-state index contributed by atoms with van der Waals surface area (Å²) >= 11 is 0. The van der Waals surface area contributed by atoms with Crippen LogP contribution in [0.25, 0.3) is 0 Å². The quantitative estimate of drug-likeness (QED) is 0.382. The summed E-state index contributed by atoms with van der Waals surface area (Å²) in [7, 11) is -4.08. The van der Waals surface area contributed by atoms with Gasteiger partial charge in [-0.3, -0.25) is 9.69 Å². The molecule has 3 heterocycles. The van der Waals surface area contributed by atoms with Gasteiger partial charge in [0.2, 0.25) is 10.0 Å². The summed E-state index contributed by atoms with van der Waals surface area (Å²) < 4.78 is 89.4. The van der Waals surface area contributed by atoms with Crippen molar-refractivity contribution < 1.29 is 35.5 Å². The van der Waals surface area contributed by atoms with Crippen LogP contribution >= 0.6 is 0 Å². The lowest BCUT2D eigenvalue weighted by atomic mass is 9.87. The summed E-state index contributed by atoms with van der Waals surface area (Å²) in [6.45, 7) is 0.465. The van der Waals surface area contributed by atoms with Crippen molar-refractivity contribution >= 4 is 15.9 Å². The van der Waals surface area contributed by atoms with Gasteiger partial charge in [-0.15, -0.1) is 0 Å². The third-order valence-electron chi connectivity index (χ3n) is 8.85. The minimum atomic E-state index is -4.49. The molecule has 4 atom stereocenters. The second kappa shape index (κ2) is 11.9. The van der Waals surface area contributed by atoms with Gasteiger partial charge in [-0.2, -0.15) is 17.5 Å². The SMILES string of the molecule is Cc1ccc(S(=O)(=O)N2CCN(CC(F)(F)F)[C@H]3CO[C@@H](C(=O)N4CCc5ccccc5[C@@H]4c4ccc(F)cc4)C[C@@H]32)cc1. The fourth-order valence-corrected chi connectivity index (χ4v) is 8.38. The van der Waals surface area contributed by atoms with Crippen LogP contribution in [0.5, 0.6) is 0 Å². The maximum atomic E-state index is 14.2. The third kappa shape index (κ3) is 6.00. The van der Waals surface area contributed by atoms with Gasteiger partial charge in [-0.25, -0.2) is 12.8 Å². The Morgan fingerprint density at radius 3 is 2.34 bits per heavy atom. The first kappa shape index (κ1) is 30.7. The van der Waals surface area contributed by atoms with Crippen LogP contribution in [0.2, 0.25) is 0 Å². The normalized spacial score (nSPS) is 24.9. The first-order chi connectivity index (χ1) is 20.9. The van der Waals surface area contributed by atoms with Crippen LogP contribution in [0.3, 0.4) is 0 Å². The van der Waals surface area contributed by atoms with Crippen molar-refractivity contribution in [2.75, 3.05) is 32.8 Å². The molecule has 2 saturated heterocycles. The summed E-state index contributed by atoms with van der Waals surface area (Å²) in [6.07, 6.45) is -5.09. The molecule has 2 fully saturated rings. The highest BCUT2D eigenvalue weighted by molar-refractivity contribution is 7.89. The lowest BCUT2D eigenvalue weighted by Crippen LogP contribution is -2.67. The van der Waals surface area contributed by atoms with Gasteiger partial charge in [0.15, 0.2) is 0 Å². The lowest BCUT2D eigenvalue weighted by molar-refractivity contribution is -0.177. The second-order valence-electron chi connectivity index (χ2n) is 11.6. The van der Waals surface area contributed by atoms with Gasteiger partial charge >= 0.3 is 6.18 Å². The predicted octanol–water partition coefficient (Wildman–Crippen LogP) is 4.70. The van der Waals surface area contributed by atoms with Crippen molar-refractivity contribution in [3.63, 3.8) is 0 Å². The minimum Gasteiger partial charge on any atom is -0.367 e. The van der Waals surface area contributed by atoms with E-state index in [4.69, 9.17) is 4.74 Å². The molecule has 0 N–H and O–H groups in total. The van der Waals surface area contributed by atoms with Crippen LogP contribution in [-0.4, -0.2) is 85.6 Å². The van der Waals surface area contributed by atoms with E-state index in [0.717, 1.165) is 16.7 Å². The maximum Gasteiger partial charge on any atom is 0.401 e. The van der Waals surface area contributed by atoms with E-state index < -0.39 is 52.8 Å². The second-order valence-corrected chi connectivity index (χ2v) is 13.5. The van der Waals surface area contributed by atoms with E-state index in [1.54, 1.807) is 29.2 Å². The number of rotatable bonds is 5. The maximum absolute atomic E-state index is 14.2. The highest BCUT2D eigenvalue weighted by Gasteiger charge is 2.50. The van der Waals surface area contributed by atoms with Crippen molar-refractivity contribution in [1.29, 1.82) is 0 Å². The fraction of sp³-hybridized carbons (Fsp3) is 0.406. The summed E-state index contributed by atoms with van der Waals surface area (Å²) in [4.78, 5) is 17.1. The first-order valence-electron chi connectivity index (χ1n) is 14.6. The number of nitrogens with zero attached hydrogens (tertiary/aromatic N) is 3. The summed E-state index contributed by atoms with van der Waals surface area (Å²) in [6, 6.07) is 17.6. The smallest absolute Gasteiger partial charge is 0.367 e. The van der Waals surface area contributed by atoms with E-state index in [0.29, 0.717) is 18.5 Å². The van der Waals surface area contributed by atoms with Crippen LogP contribution in [0.15, 0.2) is 77.7 Å². The average Bonchev–Trinajstić information content (AvgIpc) is 3.00. The van der Waals surface area contributed by atoms with Crippen LogP contribution in [-0.2, 0) is 26.0 Å². The number of halogens is 4. The Labute approximate surface area is 254 Å². The van der Waals surface area contributed by atoms with Crippen molar-refractivity contribution in [2.24, 2.45) is 0 Å². The van der Waals surface area contributed by atoms with E-state index in [9.17, 15) is 30.8 Å². The number of carbonyl (C=O) groups excluding carboxylic acids is 1. The van der Waals surface area contributed by atoms with Gasteiger partial charge in [-0.05, 0) is 54.3 Å². The Morgan fingerprint density at radius 2 is 1.64 bits per heavy atom. The number of hydrogen-bond acceptors (Lipinski definition) is 5. The van der Waals surface area contributed by atoms with Crippen molar-refractivity contribution in [2.45, 2.75) is 55.1 Å². The third-order valence-corrected chi connectivity index (χ3v) is 10.8. The number of carbonyl (C=O) groups is 1. The van der Waals surface area contributed by atoms with Crippen molar-refractivity contribution in [3.8, 4) is 0 Å². The number of benzene rings is 3. The highest BCUT2D eigenvalue weighted by atomic mass is 32.2. The number of sulfonamides is 1. The summed E-state index contributed by atoms with van der Waals surface area (Å²) in [5.41, 5.74) is 3.52. The molecule has 6 rings (SSSR count). The van der Waals surface area contributed by atoms with E-state index in [1.165, 1.54) is 33.5 Å². The van der Waals surface area contributed by atoms with E-state index >= 15 is 0 Å². The van der Waals surface area contributed by atoms with Gasteiger partial charge in [0.1, 0.15) is 11.9 Å². The zero-order chi connectivity index (χ0) is 31.2. The van der Waals surface area contributed by atoms with Gasteiger partial charge in [-0.1, -0.05) is 54.1 Å². The zero-order valence-electron chi connectivity index (χ0n) is 24.1. The molecule has 0 spiro atoms. The first-order valence-corrected chi connectivity index (χ1v) is 16.0. The Balaban J connectivity index is 1.32. The molecule has 0 aromatic heterocycles. The van der Waals surface area contributed by atoms with Crippen LogP contribution in [0.1, 0.15) is 34.7 Å². The Morgan fingerprint density at radius 1 is 0.932 bits per heavy atom. The predicted molar refractivity (Wildman–Crippen MR) is 155 cm³/mol. The fourth-order valence-electron chi connectivity index (χ4n) is 6.72. The van der Waals surface area contributed by atoms with Gasteiger partial charge < -0.3 is 9.64 Å². The lowest BCUT2D eigenvalue weighted by Gasteiger charge is -2.51. The molecule has 234 valence electrons. The molecule has 0 bridgehead atoms. The molecule has 3 aromatic rings. The molecule has 0 saturated carbocycles. The van der Waals surface area contributed by atoms with Gasteiger partial charge in [0, 0.05) is 32.1 Å². The van der Waals surface area contributed by atoms with E-state index in [1.807, 2.05) is 31.2 Å². The highest BCUT2D eigenvalue weighted by Crippen LogP contribution is 2.38. The van der Waals surface area contributed by atoms with Crippen LogP contribution < -0.4 is 0 Å². The van der Waals surface area contributed by atoms with Crippen LogP contribution in [0.4, 0.5) is 17.6 Å². The molecular formula is C32H33F4N3O4S. The Hall–Kier alpha value is -3.32. The van der Waals surface area contributed by atoms with Gasteiger partial charge in [0.25, 0.3) is 5.91 Å². The molecule has 3 aliphatic rings. The van der Waals surface area contributed by atoms with E-state index in [-0.39, 0.29) is 36.9 Å². The largest absolute Gasteiger partial charge is 0.401 e. The number of aryl methyl sites for hydroxylation is 1. The molecule has 12 heteroatoms. The number of amides is 1. The molecule has 1 amide bonds. The monoisotopic (exact) mass is 631 g/mol. The van der Waals surface area contributed by atoms with Crippen LogP contribution in [0, 0.1) is 12.7 Å². The number of alkyl halides is 3.